The van der Waals surface area contributed by atoms with Crippen LogP contribution in [0.3, 0.4) is 0 Å². The molecule has 0 saturated heterocycles. The highest BCUT2D eigenvalue weighted by Crippen LogP contribution is 2.25. The van der Waals surface area contributed by atoms with Gasteiger partial charge < -0.3 is 15.2 Å². The molecule has 1 aromatic carbocycles. The number of aliphatic carboxylic acids is 1. The molecule has 114 valence electrons. The van der Waals surface area contributed by atoms with Crippen LogP contribution in [0.15, 0.2) is 29.6 Å². The summed E-state index contributed by atoms with van der Waals surface area (Å²) in [6.45, 7) is 1.37. The van der Waals surface area contributed by atoms with Gasteiger partial charge in [0.2, 0.25) is 5.91 Å². The molecule has 1 heterocycles. The van der Waals surface area contributed by atoms with Crippen LogP contribution in [0.5, 0.6) is 5.75 Å². The number of hydrogen-bond acceptors (Lipinski definition) is 5. The molecule has 2 rings (SSSR count). The molecular formula is C15H14N2O4S. The van der Waals surface area contributed by atoms with Crippen LogP contribution in [0.2, 0.25) is 0 Å². The Bertz CT molecular complexity index is 737. The molecule has 0 aliphatic rings. The highest BCUT2D eigenvalue weighted by molar-refractivity contribution is 7.14. The quantitative estimate of drug-likeness (QED) is 0.828. The zero-order chi connectivity index (χ0) is 16.1. The van der Waals surface area contributed by atoms with E-state index in [2.05, 4.69) is 10.3 Å². The average Bonchev–Trinajstić information content (AvgIpc) is 2.92. The van der Waals surface area contributed by atoms with Gasteiger partial charge in [-0.05, 0) is 23.8 Å². The fourth-order valence-corrected chi connectivity index (χ4v) is 2.51. The van der Waals surface area contributed by atoms with Crippen molar-refractivity contribution in [2.75, 3.05) is 12.4 Å². The first-order valence-electron chi connectivity index (χ1n) is 6.32. The third-order valence-corrected chi connectivity index (χ3v) is 3.46. The van der Waals surface area contributed by atoms with Gasteiger partial charge >= 0.3 is 5.97 Å². The van der Waals surface area contributed by atoms with Crippen LogP contribution in [0.1, 0.15) is 18.2 Å². The number of hydrogen-bond donors (Lipinski definition) is 2. The number of methoxy groups -OCH3 is 1. The number of carbonyl (C=O) groups excluding carboxylic acids is 1. The number of nitrogens with zero attached hydrogens (tertiary/aromatic N) is 1. The number of aromatic nitrogens is 1. The average molecular weight is 318 g/mol. The van der Waals surface area contributed by atoms with Crippen molar-refractivity contribution in [1.82, 2.24) is 4.98 Å². The van der Waals surface area contributed by atoms with Crippen LogP contribution < -0.4 is 10.1 Å². The summed E-state index contributed by atoms with van der Waals surface area (Å²) in [5, 5.41) is 13.9. The van der Waals surface area contributed by atoms with Crippen molar-refractivity contribution in [2.24, 2.45) is 0 Å². The lowest BCUT2D eigenvalue weighted by Gasteiger charge is -2.02. The van der Waals surface area contributed by atoms with E-state index in [1.165, 1.54) is 24.3 Å². The number of benzene rings is 1. The maximum atomic E-state index is 11.5. The molecule has 0 atom stereocenters. The third-order valence-electron chi connectivity index (χ3n) is 2.70. The molecule has 2 N–H and O–H groups in total. The minimum absolute atomic E-state index is 0.0427. The van der Waals surface area contributed by atoms with Gasteiger partial charge in [0.05, 0.1) is 18.4 Å². The second-order valence-corrected chi connectivity index (χ2v) is 5.22. The minimum Gasteiger partial charge on any atom is -0.497 e. The molecule has 1 aromatic heterocycles. The van der Waals surface area contributed by atoms with E-state index in [9.17, 15) is 14.7 Å². The van der Waals surface area contributed by atoms with Crippen molar-refractivity contribution < 1.29 is 19.4 Å². The molecule has 0 bridgehead atoms. The highest BCUT2D eigenvalue weighted by Gasteiger charge is 2.15. The van der Waals surface area contributed by atoms with Crippen molar-refractivity contribution in [3.8, 4) is 5.75 Å². The summed E-state index contributed by atoms with van der Waals surface area (Å²) in [6, 6.07) is 7.04. The number of ether oxygens (including phenoxy) is 1. The monoisotopic (exact) mass is 318 g/mol. The first kappa shape index (κ1) is 15.7. The maximum absolute atomic E-state index is 11.5. The second-order valence-electron chi connectivity index (χ2n) is 4.36. The molecule has 0 fully saturated rings. The van der Waals surface area contributed by atoms with Gasteiger partial charge in [-0.1, -0.05) is 12.1 Å². The van der Waals surface area contributed by atoms with E-state index >= 15 is 0 Å². The second kappa shape index (κ2) is 6.86. The predicted octanol–water partition coefficient (Wildman–Crippen LogP) is 2.74. The number of rotatable bonds is 5. The minimum atomic E-state index is -1.09. The summed E-state index contributed by atoms with van der Waals surface area (Å²) in [4.78, 5) is 26.6. The fourth-order valence-electron chi connectivity index (χ4n) is 1.75. The number of carboxylic acid groups (broad SMARTS) is 1. The molecule has 6 nitrogen and oxygen atoms in total. The predicted molar refractivity (Wildman–Crippen MR) is 84.9 cm³/mol. The van der Waals surface area contributed by atoms with E-state index in [0.29, 0.717) is 22.1 Å². The van der Waals surface area contributed by atoms with Crippen LogP contribution in [0.25, 0.3) is 11.6 Å². The molecule has 22 heavy (non-hydrogen) atoms. The van der Waals surface area contributed by atoms with Crippen molar-refractivity contribution in [3.63, 3.8) is 0 Å². The van der Waals surface area contributed by atoms with E-state index in [4.69, 9.17) is 4.74 Å². The Labute approximate surface area is 131 Å². The number of amides is 1. The summed E-state index contributed by atoms with van der Waals surface area (Å²) in [7, 11) is 1.54. The van der Waals surface area contributed by atoms with Crippen LogP contribution in [0.4, 0.5) is 5.13 Å². The molecule has 0 saturated carbocycles. The SMILES string of the molecule is COc1cccc(C=C(C(=O)O)c2csc(NC(C)=O)n2)c1. The molecule has 0 aliphatic carbocycles. The van der Waals surface area contributed by atoms with E-state index < -0.39 is 5.97 Å². The molecule has 7 heteroatoms. The van der Waals surface area contributed by atoms with Gasteiger partial charge in [-0.3, -0.25) is 4.79 Å². The van der Waals surface area contributed by atoms with E-state index in [0.717, 1.165) is 0 Å². The standard InChI is InChI=1S/C15H14N2O4S/c1-9(18)16-15-17-13(8-22-15)12(14(19)20)7-10-4-3-5-11(6-10)21-2/h3-8H,1-2H3,(H,19,20)(H,16,17,18). The number of thiazole rings is 1. The van der Waals surface area contributed by atoms with Crippen molar-refractivity contribution in [1.29, 1.82) is 0 Å². The van der Waals surface area contributed by atoms with E-state index in [1.54, 1.807) is 36.8 Å². The van der Waals surface area contributed by atoms with Crippen LogP contribution >= 0.6 is 11.3 Å². The number of carboxylic acids is 1. The van der Waals surface area contributed by atoms with Gasteiger partial charge in [-0.15, -0.1) is 11.3 Å². The molecule has 0 unspecified atom stereocenters. The topological polar surface area (TPSA) is 88.5 Å². The normalized spacial score (nSPS) is 11.1. The van der Waals surface area contributed by atoms with Crippen LogP contribution in [-0.4, -0.2) is 29.1 Å². The van der Waals surface area contributed by atoms with Gasteiger partial charge in [0.15, 0.2) is 5.13 Å². The molecule has 0 aliphatic heterocycles. The lowest BCUT2D eigenvalue weighted by molar-refractivity contribution is -0.130. The highest BCUT2D eigenvalue weighted by atomic mass is 32.1. The van der Waals surface area contributed by atoms with Crippen LogP contribution in [-0.2, 0) is 9.59 Å². The summed E-state index contributed by atoms with van der Waals surface area (Å²) >= 11 is 1.17. The third kappa shape index (κ3) is 3.92. The first-order valence-corrected chi connectivity index (χ1v) is 7.20. The molecule has 0 spiro atoms. The first-order chi connectivity index (χ1) is 10.5. The van der Waals surface area contributed by atoms with Crippen LogP contribution in [0, 0.1) is 0 Å². The Hall–Kier alpha value is -2.67. The van der Waals surface area contributed by atoms with E-state index in [-0.39, 0.29) is 11.5 Å². The number of nitrogens with one attached hydrogen (secondary N) is 1. The Morgan fingerprint density at radius 3 is 2.82 bits per heavy atom. The number of anilines is 1. The Balaban J connectivity index is 2.37. The van der Waals surface area contributed by atoms with Crippen molar-refractivity contribution in [3.05, 3.63) is 40.9 Å². The molecular weight excluding hydrogens is 304 g/mol. The van der Waals surface area contributed by atoms with Gasteiger partial charge in [-0.2, -0.15) is 0 Å². The Morgan fingerprint density at radius 2 is 2.18 bits per heavy atom. The number of carbonyl (C=O) groups is 2. The maximum Gasteiger partial charge on any atom is 0.337 e. The lowest BCUT2D eigenvalue weighted by atomic mass is 10.1. The van der Waals surface area contributed by atoms with Gasteiger partial charge in [0.25, 0.3) is 0 Å². The summed E-state index contributed by atoms with van der Waals surface area (Å²) in [6.07, 6.45) is 1.51. The lowest BCUT2D eigenvalue weighted by Crippen LogP contribution is -2.06. The smallest absolute Gasteiger partial charge is 0.337 e. The van der Waals surface area contributed by atoms with Gasteiger partial charge in [0, 0.05) is 12.3 Å². The summed E-state index contributed by atoms with van der Waals surface area (Å²) in [5.74, 6) is -0.715. The van der Waals surface area contributed by atoms with Crippen molar-refractivity contribution >= 4 is 40.0 Å². The molecule has 2 aromatic rings. The zero-order valence-electron chi connectivity index (χ0n) is 12.0. The zero-order valence-corrected chi connectivity index (χ0v) is 12.8. The molecule has 1 amide bonds. The Morgan fingerprint density at radius 1 is 1.41 bits per heavy atom. The summed E-state index contributed by atoms with van der Waals surface area (Å²) in [5.41, 5.74) is 1.02. The van der Waals surface area contributed by atoms with Crippen molar-refractivity contribution in [2.45, 2.75) is 6.92 Å². The van der Waals surface area contributed by atoms with Gasteiger partial charge in [0.1, 0.15) is 5.75 Å². The molecule has 0 radical (unpaired) electrons. The summed E-state index contributed by atoms with van der Waals surface area (Å²) < 4.78 is 5.11. The van der Waals surface area contributed by atoms with Gasteiger partial charge in [-0.25, -0.2) is 9.78 Å². The Kier molecular flexibility index (Phi) is 4.90. The largest absolute Gasteiger partial charge is 0.497 e. The van der Waals surface area contributed by atoms with E-state index in [1.807, 2.05) is 0 Å². The fraction of sp³-hybridized carbons (Fsp3) is 0.133.